The Morgan fingerprint density at radius 3 is 2.41 bits per heavy atom. The molecular weight excluding hydrogens is 238 g/mol. The number of carbonyl (C=O) groups is 1. The molecule has 3 nitrogen and oxygen atoms in total. The van der Waals surface area contributed by atoms with Gasteiger partial charge in [0.2, 0.25) is 0 Å². The Kier molecular flexibility index (Phi) is 3.40. The third kappa shape index (κ3) is 2.17. The van der Waals surface area contributed by atoms with Crippen LogP contribution >= 0.6 is 12.4 Å². The summed E-state index contributed by atoms with van der Waals surface area (Å²) in [7, 11) is 0. The first kappa shape index (κ1) is 12.4. The molecule has 1 aromatic rings. The minimum Gasteiger partial charge on any atom is -0.478 e. The molecule has 2 aliphatic heterocycles. The van der Waals surface area contributed by atoms with Gasteiger partial charge in [-0.3, -0.25) is 0 Å². The van der Waals surface area contributed by atoms with E-state index in [0.29, 0.717) is 23.6 Å². The number of benzene rings is 1. The highest BCUT2D eigenvalue weighted by molar-refractivity contribution is 5.87. The third-order valence-electron chi connectivity index (χ3n) is 3.89. The van der Waals surface area contributed by atoms with Crippen LogP contribution in [0, 0.1) is 0 Å². The quantitative estimate of drug-likeness (QED) is 0.851. The van der Waals surface area contributed by atoms with Crippen molar-refractivity contribution in [2.45, 2.75) is 37.3 Å². The number of aromatic carboxylic acids is 1. The summed E-state index contributed by atoms with van der Waals surface area (Å²) in [6.45, 7) is 0. The molecule has 3 unspecified atom stereocenters. The monoisotopic (exact) mass is 253 g/mol. The standard InChI is InChI=1S/C13H15NO2.ClH/c15-13(16)9-3-1-8(2-4-9)11-7-10-5-6-12(11)14-10;/h1-4,10-12,14H,5-7H2,(H,15,16);1H. The van der Waals surface area contributed by atoms with E-state index in [0.717, 1.165) is 0 Å². The molecule has 17 heavy (non-hydrogen) atoms. The van der Waals surface area contributed by atoms with Crippen molar-refractivity contribution in [3.8, 4) is 0 Å². The molecule has 0 amide bonds. The Balaban J connectivity index is 0.00000108. The smallest absolute Gasteiger partial charge is 0.335 e. The molecule has 4 heteroatoms. The normalized spacial score (nSPS) is 30.0. The molecule has 0 radical (unpaired) electrons. The van der Waals surface area contributed by atoms with E-state index in [1.165, 1.54) is 24.8 Å². The topological polar surface area (TPSA) is 49.3 Å². The summed E-state index contributed by atoms with van der Waals surface area (Å²) in [5, 5.41) is 12.4. The molecule has 2 bridgehead atoms. The van der Waals surface area contributed by atoms with Gasteiger partial charge < -0.3 is 10.4 Å². The Morgan fingerprint density at radius 1 is 1.24 bits per heavy atom. The Morgan fingerprint density at radius 2 is 1.94 bits per heavy atom. The lowest BCUT2D eigenvalue weighted by molar-refractivity contribution is 0.0697. The molecule has 2 fully saturated rings. The molecule has 0 saturated carbocycles. The fourth-order valence-electron chi connectivity index (χ4n) is 3.07. The Hall–Kier alpha value is -1.06. The minimum atomic E-state index is -0.849. The fourth-order valence-corrected chi connectivity index (χ4v) is 3.07. The second-order valence-electron chi connectivity index (χ2n) is 4.82. The number of halogens is 1. The van der Waals surface area contributed by atoms with Gasteiger partial charge in [-0.25, -0.2) is 4.79 Å². The first-order chi connectivity index (χ1) is 7.74. The number of fused-ring (bicyclic) bond motifs is 2. The lowest BCUT2D eigenvalue weighted by Gasteiger charge is -2.20. The summed E-state index contributed by atoms with van der Waals surface area (Å²) in [5.41, 5.74) is 1.66. The van der Waals surface area contributed by atoms with Crippen LogP contribution in [0.4, 0.5) is 0 Å². The third-order valence-corrected chi connectivity index (χ3v) is 3.89. The first-order valence-electron chi connectivity index (χ1n) is 5.83. The molecule has 2 N–H and O–H groups in total. The SMILES string of the molecule is Cl.O=C(O)c1ccc(C2CC3CCC2N3)cc1. The zero-order valence-electron chi connectivity index (χ0n) is 9.43. The van der Waals surface area contributed by atoms with Crippen LogP contribution in [0.3, 0.4) is 0 Å². The van der Waals surface area contributed by atoms with Gasteiger partial charge in [-0.05, 0) is 37.0 Å². The van der Waals surface area contributed by atoms with Gasteiger partial charge in [0.05, 0.1) is 5.56 Å². The van der Waals surface area contributed by atoms with E-state index >= 15 is 0 Å². The zero-order valence-corrected chi connectivity index (χ0v) is 10.2. The molecule has 1 aromatic carbocycles. The summed E-state index contributed by atoms with van der Waals surface area (Å²) in [6, 6.07) is 8.66. The van der Waals surface area contributed by atoms with Crippen LogP contribution in [0.15, 0.2) is 24.3 Å². The van der Waals surface area contributed by atoms with E-state index in [2.05, 4.69) is 5.32 Å². The highest BCUT2D eigenvalue weighted by Gasteiger charge is 2.39. The molecule has 3 atom stereocenters. The van der Waals surface area contributed by atoms with E-state index in [1.807, 2.05) is 12.1 Å². The maximum Gasteiger partial charge on any atom is 0.335 e. The van der Waals surface area contributed by atoms with Crippen LogP contribution in [0.5, 0.6) is 0 Å². The lowest BCUT2D eigenvalue weighted by atomic mass is 9.84. The van der Waals surface area contributed by atoms with Gasteiger partial charge in [-0.1, -0.05) is 12.1 Å². The van der Waals surface area contributed by atoms with Gasteiger partial charge in [0, 0.05) is 18.0 Å². The average Bonchev–Trinajstić information content (AvgIpc) is 2.91. The second kappa shape index (κ2) is 4.67. The first-order valence-corrected chi connectivity index (χ1v) is 5.83. The Bertz CT molecular complexity index is 418. The molecule has 2 aliphatic rings. The number of carboxylic acids is 1. The molecule has 92 valence electrons. The van der Waals surface area contributed by atoms with Crippen LogP contribution in [-0.4, -0.2) is 23.2 Å². The second-order valence-corrected chi connectivity index (χ2v) is 4.82. The predicted octanol–water partition coefficient (Wildman–Crippen LogP) is 2.41. The van der Waals surface area contributed by atoms with Gasteiger partial charge in [0.25, 0.3) is 0 Å². The van der Waals surface area contributed by atoms with Gasteiger partial charge in [0.15, 0.2) is 0 Å². The molecule has 0 aliphatic carbocycles. The molecule has 3 rings (SSSR count). The van der Waals surface area contributed by atoms with Crippen LogP contribution in [0.1, 0.15) is 41.1 Å². The number of hydrogen-bond donors (Lipinski definition) is 2. The number of rotatable bonds is 2. The van der Waals surface area contributed by atoms with Gasteiger partial charge in [-0.2, -0.15) is 0 Å². The zero-order chi connectivity index (χ0) is 11.1. The van der Waals surface area contributed by atoms with Crippen molar-refractivity contribution in [2.75, 3.05) is 0 Å². The van der Waals surface area contributed by atoms with Crippen molar-refractivity contribution in [3.63, 3.8) is 0 Å². The van der Waals surface area contributed by atoms with Crippen LogP contribution < -0.4 is 5.32 Å². The summed E-state index contributed by atoms with van der Waals surface area (Å²) in [4.78, 5) is 10.7. The molecule has 2 heterocycles. The minimum absolute atomic E-state index is 0. The summed E-state index contributed by atoms with van der Waals surface area (Å²) < 4.78 is 0. The van der Waals surface area contributed by atoms with Crippen LogP contribution in [0.2, 0.25) is 0 Å². The molecule has 2 saturated heterocycles. The van der Waals surface area contributed by atoms with Crippen molar-refractivity contribution in [1.29, 1.82) is 0 Å². The molecular formula is C13H16ClNO2. The van der Waals surface area contributed by atoms with E-state index in [1.54, 1.807) is 12.1 Å². The van der Waals surface area contributed by atoms with Crippen molar-refractivity contribution < 1.29 is 9.90 Å². The van der Waals surface area contributed by atoms with Crippen LogP contribution in [0.25, 0.3) is 0 Å². The Labute approximate surface area is 107 Å². The highest BCUT2D eigenvalue weighted by atomic mass is 35.5. The van der Waals surface area contributed by atoms with E-state index in [4.69, 9.17) is 5.11 Å². The maximum absolute atomic E-state index is 10.7. The van der Waals surface area contributed by atoms with Gasteiger partial charge in [0.1, 0.15) is 0 Å². The lowest BCUT2D eigenvalue weighted by Crippen LogP contribution is -2.21. The predicted molar refractivity (Wildman–Crippen MR) is 68.0 cm³/mol. The molecule has 0 aromatic heterocycles. The van der Waals surface area contributed by atoms with E-state index < -0.39 is 5.97 Å². The maximum atomic E-state index is 10.7. The van der Waals surface area contributed by atoms with Crippen molar-refractivity contribution in [2.24, 2.45) is 0 Å². The summed E-state index contributed by atoms with van der Waals surface area (Å²) in [5.74, 6) is -0.265. The van der Waals surface area contributed by atoms with Crippen molar-refractivity contribution >= 4 is 18.4 Å². The molecule has 0 spiro atoms. The summed E-state index contributed by atoms with van der Waals surface area (Å²) >= 11 is 0. The van der Waals surface area contributed by atoms with Gasteiger partial charge in [-0.15, -0.1) is 12.4 Å². The highest BCUT2D eigenvalue weighted by Crippen LogP contribution is 2.39. The largest absolute Gasteiger partial charge is 0.478 e. The average molecular weight is 254 g/mol. The number of hydrogen-bond acceptors (Lipinski definition) is 2. The van der Waals surface area contributed by atoms with Gasteiger partial charge >= 0.3 is 5.97 Å². The number of carboxylic acid groups (broad SMARTS) is 1. The number of nitrogens with one attached hydrogen (secondary N) is 1. The summed E-state index contributed by atoms with van der Waals surface area (Å²) in [6.07, 6.45) is 3.77. The van der Waals surface area contributed by atoms with Crippen LogP contribution in [-0.2, 0) is 0 Å². The van der Waals surface area contributed by atoms with E-state index in [-0.39, 0.29) is 12.4 Å². The van der Waals surface area contributed by atoms with E-state index in [9.17, 15) is 4.79 Å². The fraction of sp³-hybridized carbons (Fsp3) is 0.462. The van der Waals surface area contributed by atoms with Crippen molar-refractivity contribution in [3.05, 3.63) is 35.4 Å². The van der Waals surface area contributed by atoms with Crippen molar-refractivity contribution in [1.82, 2.24) is 5.32 Å².